The Labute approximate surface area is 139 Å². The number of benzene rings is 1. The van der Waals surface area contributed by atoms with Gasteiger partial charge >= 0.3 is 6.03 Å². The minimum Gasteiger partial charge on any atom is -0.491 e. The number of urea groups is 1. The van der Waals surface area contributed by atoms with Crippen LogP contribution in [0.15, 0.2) is 24.4 Å². The van der Waals surface area contributed by atoms with Crippen LogP contribution in [0.2, 0.25) is 0 Å². The molecule has 1 aliphatic rings. The van der Waals surface area contributed by atoms with E-state index in [1.165, 1.54) is 6.07 Å². The third kappa shape index (κ3) is 3.04. The molecule has 0 unspecified atom stereocenters. The van der Waals surface area contributed by atoms with Crippen molar-refractivity contribution in [3.05, 3.63) is 30.2 Å². The van der Waals surface area contributed by atoms with Gasteiger partial charge < -0.3 is 14.5 Å². The van der Waals surface area contributed by atoms with E-state index in [1.54, 1.807) is 46.9 Å². The van der Waals surface area contributed by atoms with Crippen LogP contribution in [-0.4, -0.2) is 64.6 Å². The number of carbonyl (C=O) groups excluding carboxylic acids is 1. The van der Waals surface area contributed by atoms with Crippen LogP contribution in [0.1, 0.15) is 13.0 Å². The van der Waals surface area contributed by atoms with E-state index in [0.717, 1.165) is 0 Å². The SMILES string of the molecule is CCOc1ccc(-c2cn(C3CN(C(=O)N(C)C)C3)nn2)cc1F. The van der Waals surface area contributed by atoms with Gasteiger partial charge in [-0.3, -0.25) is 0 Å². The molecule has 1 fully saturated rings. The average molecular weight is 333 g/mol. The zero-order chi connectivity index (χ0) is 17.3. The van der Waals surface area contributed by atoms with Crippen LogP contribution in [0.5, 0.6) is 5.75 Å². The molecule has 128 valence electrons. The van der Waals surface area contributed by atoms with Crippen LogP contribution in [0.4, 0.5) is 9.18 Å². The highest BCUT2D eigenvalue weighted by Crippen LogP contribution is 2.26. The molecule has 7 nitrogen and oxygen atoms in total. The Hall–Kier alpha value is -2.64. The van der Waals surface area contributed by atoms with Crippen molar-refractivity contribution < 1.29 is 13.9 Å². The first-order valence-electron chi connectivity index (χ1n) is 7.80. The van der Waals surface area contributed by atoms with Crippen LogP contribution >= 0.6 is 0 Å². The molecule has 1 aromatic carbocycles. The molecule has 1 saturated heterocycles. The monoisotopic (exact) mass is 333 g/mol. The van der Waals surface area contributed by atoms with Crippen LogP contribution in [0, 0.1) is 5.82 Å². The topological polar surface area (TPSA) is 63.5 Å². The van der Waals surface area contributed by atoms with E-state index in [9.17, 15) is 9.18 Å². The minimum atomic E-state index is -0.421. The van der Waals surface area contributed by atoms with Gasteiger partial charge in [-0.2, -0.15) is 0 Å². The highest BCUT2D eigenvalue weighted by atomic mass is 19.1. The molecule has 0 aliphatic carbocycles. The Kier molecular flexibility index (Phi) is 4.37. The fourth-order valence-electron chi connectivity index (χ4n) is 2.58. The lowest BCUT2D eigenvalue weighted by Crippen LogP contribution is -2.54. The molecular weight excluding hydrogens is 313 g/mol. The average Bonchev–Trinajstić information content (AvgIpc) is 2.97. The molecule has 0 atom stereocenters. The summed E-state index contributed by atoms with van der Waals surface area (Å²) >= 11 is 0. The van der Waals surface area contributed by atoms with Crippen molar-refractivity contribution >= 4 is 6.03 Å². The van der Waals surface area contributed by atoms with Gasteiger partial charge in [-0.05, 0) is 25.1 Å². The molecule has 1 aliphatic heterocycles. The highest BCUT2D eigenvalue weighted by Gasteiger charge is 2.33. The second-order valence-electron chi connectivity index (χ2n) is 5.90. The quantitative estimate of drug-likeness (QED) is 0.859. The lowest BCUT2D eigenvalue weighted by molar-refractivity contribution is 0.0992. The van der Waals surface area contributed by atoms with E-state index in [1.807, 2.05) is 6.92 Å². The molecule has 3 rings (SSSR count). The summed E-state index contributed by atoms with van der Waals surface area (Å²) in [6.07, 6.45) is 1.78. The first-order valence-corrected chi connectivity index (χ1v) is 7.80. The Morgan fingerprint density at radius 3 is 2.79 bits per heavy atom. The van der Waals surface area contributed by atoms with E-state index in [4.69, 9.17) is 4.74 Å². The van der Waals surface area contributed by atoms with Crippen LogP contribution < -0.4 is 4.74 Å². The van der Waals surface area contributed by atoms with Crippen molar-refractivity contribution in [1.29, 1.82) is 0 Å². The first-order chi connectivity index (χ1) is 11.5. The number of carbonyl (C=O) groups is 1. The molecule has 0 saturated carbocycles. The van der Waals surface area contributed by atoms with Gasteiger partial charge in [0, 0.05) is 32.7 Å². The smallest absolute Gasteiger partial charge is 0.319 e. The van der Waals surface area contributed by atoms with Gasteiger partial charge in [0.15, 0.2) is 11.6 Å². The standard InChI is InChI=1S/C16H20FN5O2/c1-4-24-15-6-5-11(7-13(15)17)14-10-22(19-18-14)12-8-21(9-12)16(23)20(2)3/h5-7,10,12H,4,8-9H2,1-3H3. The van der Waals surface area contributed by atoms with Crippen LogP contribution in [0.25, 0.3) is 11.3 Å². The summed E-state index contributed by atoms with van der Waals surface area (Å²) in [5.41, 5.74) is 1.23. The van der Waals surface area contributed by atoms with Gasteiger partial charge in [0.25, 0.3) is 0 Å². The van der Waals surface area contributed by atoms with E-state index >= 15 is 0 Å². The van der Waals surface area contributed by atoms with Gasteiger partial charge in [-0.1, -0.05) is 5.21 Å². The fraction of sp³-hybridized carbons (Fsp3) is 0.438. The Bertz CT molecular complexity index is 740. The number of aromatic nitrogens is 3. The summed E-state index contributed by atoms with van der Waals surface area (Å²) in [6.45, 7) is 3.41. The molecule has 2 aromatic rings. The zero-order valence-corrected chi connectivity index (χ0v) is 13.9. The number of hydrogen-bond acceptors (Lipinski definition) is 4. The molecular formula is C16H20FN5O2. The summed E-state index contributed by atoms with van der Waals surface area (Å²) in [4.78, 5) is 15.1. The third-order valence-corrected chi connectivity index (χ3v) is 3.93. The predicted molar refractivity (Wildman–Crippen MR) is 86.3 cm³/mol. The lowest BCUT2D eigenvalue weighted by atomic mass is 10.1. The molecule has 0 N–H and O–H groups in total. The van der Waals surface area contributed by atoms with Gasteiger partial charge in [-0.15, -0.1) is 5.10 Å². The van der Waals surface area contributed by atoms with E-state index in [0.29, 0.717) is 31.0 Å². The summed E-state index contributed by atoms with van der Waals surface area (Å²) in [5.74, 6) is -0.194. The Balaban J connectivity index is 1.69. The second kappa shape index (κ2) is 6.46. The number of rotatable bonds is 4. The van der Waals surface area contributed by atoms with Crippen LogP contribution in [-0.2, 0) is 0 Å². The summed E-state index contributed by atoms with van der Waals surface area (Å²) in [6, 6.07) is 4.82. The van der Waals surface area contributed by atoms with Crippen molar-refractivity contribution in [3.63, 3.8) is 0 Å². The first kappa shape index (κ1) is 16.2. The maximum absolute atomic E-state index is 14.0. The molecule has 8 heteroatoms. The Morgan fingerprint density at radius 2 is 2.17 bits per heavy atom. The van der Waals surface area contributed by atoms with Crippen molar-refractivity contribution in [3.8, 4) is 17.0 Å². The molecule has 24 heavy (non-hydrogen) atoms. The maximum Gasteiger partial charge on any atom is 0.319 e. The lowest BCUT2D eigenvalue weighted by Gasteiger charge is -2.40. The van der Waals surface area contributed by atoms with E-state index in [2.05, 4.69) is 10.3 Å². The van der Waals surface area contributed by atoms with Crippen molar-refractivity contribution in [2.75, 3.05) is 33.8 Å². The third-order valence-electron chi connectivity index (χ3n) is 3.93. The minimum absolute atomic E-state index is 0.0137. The number of ether oxygens (including phenoxy) is 1. The fourth-order valence-corrected chi connectivity index (χ4v) is 2.58. The molecule has 0 bridgehead atoms. The molecule has 1 aromatic heterocycles. The van der Waals surface area contributed by atoms with Crippen molar-refractivity contribution in [2.45, 2.75) is 13.0 Å². The van der Waals surface area contributed by atoms with Gasteiger partial charge in [-0.25, -0.2) is 13.9 Å². The van der Waals surface area contributed by atoms with Crippen molar-refractivity contribution in [1.82, 2.24) is 24.8 Å². The highest BCUT2D eigenvalue weighted by molar-refractivity contribution is 5.74. The van der Waals surface area contributed by atoms with Gasteiger partial charge in [0.2, 0.25) is 0 Å². The number of amides is 2. The van der Waals surface area contributed by atoms with Crippen LogP contribution in [0.3, 0.4) is 0 Å². The zero-order valence-electron chi connectivity index (χ0n) is 13.9. The van der Waals surface area contributed by atoms with Gasteiger partial charge in [0.05, 0.1) is 18.8 Å². The molecule has 2 heterocycles. The normalized spacial score (nSPS) is 14.4. The maximum atomic E-state index is 14.0. The summed E-state index contributed by atoms with van der Waals surface area (Å²) < 4.78 is 20.9. The molecule has 0 spiro atoms. The number of likely N-dealkylation sites (tertiary alicyclic amines) is 1. The molecule has 0 radical (unpaired) electrons. The number of nitrogens with zero attached hydrogens (tertiary/aromatic N) is 5. The number of halogens is 1. The predicted octanol–water partition coefficient (Wildman–Crippen LogP) is 2.02. The van der Waals surface area contributed by atoms with Gasteiger partial charge in [0.1, 0.15) is 5.69 Å². The summed E-state index contributed by atoms with van der Waals surface area (Å²) in [7, 11) is 3.45. The molecule has 2 amide bonds. The van der Waals surface area contributed by atoms with Crippen molar-refractivity contribution in [2.24, 2.45) is 0 Å². The largest absolute Gasteiger partial charge is 0.491 e. The van der Waals surface area contributed by atoms with E-state index in [-0.39, 0.29) is 17.8 Å². The Morgan fingerprint density at radius 1 is 1.42 bits per heavy atom. The second-order valence-corrected chi connectivity index (χ2v) is 5.90. The summed E-state index contributed by atoms with van der Waals surface area (Å²) in [5, 5.41) is 8.21. The number of hydrogen-bond donors (Lipinski definition) is 0. The van der Waals surface area contributed by atoms with E-state index < -0.39 is 5.82 Å².